The van der Waals surface area contributed by atoms with Crippen LogP contribution in [0.2, 0.25) is 0 Å². The molecule has 0 saturated heterocycles. The smallest absolute Gasteiger partial charge is 0.336 e. The SMILES string of the molecule is COc1cc(F)cc2c(C(=O)O)ccnc12. The van der Waals surface area contributed by atoms with Crippen molar-refractivity contribution in [2.45, 2.75) is 0 Å². The zero-order valence-electron chi connectivity index (χ0n) is 8.40. The van der Waals surface area contributed by atoms with Gasteiger partial charge in [-0.2, -0.15) is 0 Å². The molecule has 1 N–H and O–H groups in total. The highest BCUT2D eigenvalue weighted by atomic mass is 19.1. The number of nitrogens with zero attached hydrogens (tertiary/aromatic N) is 1. The van der Waals surface area contributed by atoms with Crippen molar-refractivity contribution in [2.75, 3.05) is 7.11 Å². The van der Waals surface area contributed by atoms with E-state index in [4.69, 9.17) is 9.84 Å². The summed E-state index contributed by atoms with van der Waals surface area (Å²) in [6.45, 7) is 0. The third-order valence-corrected chi connectivity index (χ3v) is 2.23. The number of ether oxygens (including phenoxy) is 1. The minimum atomic E-state index is -1.12. The molecule has 0 aliphatic rings. The second kappa shape index (κ2) is 3.77. The quantitative estimate of drug-likeness (QED) is 0.843. The highest BCUT2D eigenvalue weighted by Gasteiger charge is 2.13. The lowest BCUT2D eigenvalue weighted by Crippen LogP contribution is -2.00. The van der Waals surface area contributed by atoms with Gasteiger partial charge in [0.1, 0.15) is 17.1 Å². The van der Waals surface area contributed by atoms with E-state index in [9.17, 15) is 9.18 Å². The highest BCUT2D eigenvalue weighted by molar-refractivity contribution is 6.03. The number of carbonyl (C=O) groups is 1. The normalized spacial score (nSPS) is 10.4. The number of aromatic nitrogens is 1. The number of hydrogen-bond donors (Lipinski definition) is 1. The molecular formula is C11H8FNO3. The van der Waals surface area contributed by atoms with Gasteiger partial charge in [0, 0.05) is 17.6 Å². The molecule has 1 heterocycles. The third-order valence-electron chi connectivity index (χ3n) is 2.23. The zero-order valence-corrected chi connectivity index (χ0v) is 8.40. The molecule has 0 fully saturated rings. The molecule has 2 rings (SSSR count). The van der Waals surface area contributed by atoms with E-state index in [0.29, 0.717) is 5.52 Å². The Morgan fingerprint density at radius 2 is 2.25 bits per heavy atom. The van der Waals surface area contributed by atoms with Gasteiger partial charge in [0.05, 0.1) is 12.7 Å². The van der Waals surface area contributed by atoms with Crippen LogP contribution in [0.15, 0.2) is 24.4 Å². The van der Waals surface area contributed by atoms with Crippen LogP contribution in [0.5, 0.6) is 5.75 Å². The average molecular weight is 221 g/mol. The maximum Gasteiger partial charge on any atom is 0.336 e. The Kier molecular flexibility index (Phi) is 2.44. The number of rotatable bonds is 2. The summed E-state index contributed by atoms with van der Waals surface area (Å²) in [5.41, 5.74) is 0.339. The van der Waals surface area contributed by atoms with Gasteiger partial charge in [-0.15, -0.1) is 0 Å². The van der Waals surface area contributed by atoms with Gasteiger partial charge in [-0.25, -0.2) is 9.18 Å². The van der Waals surface area contributed by atoms with E-state index in [0.717, 1.165) is 6.07 Å². The van der Waals surface area contributed by atoms with E-state index >= 15 is 0 Å². The molecule has 0 atom stereocenters. The third kappa shape index (κ3) is 1.56. The van der Waals surface area contributed by atoms with E-state index in [2.05, 4.69) is 4.98 Å². The van der Waals surface area contributed by atoms with Crippen molar-refractivity contribution in [2.24, 2.45) is 0 Å². The maximum absolute atomic E-state index is 13.2. The number of carboxylic acid groups (broad SMARTS) is 1. The van der Waals surface area contributed by atoms with Gasteiger partial charge in [0.25, 0.3) is 0 Å². The molecule has 16 heavy (non-hydrogen) atoms. The number of pyridine rings is 1. The monoisotopic (exact) mass is 221 g/mol. The minimum Gasteiger partial charge on any atom is -0.494 e. The van der Waals surface area contributed by atoms with Crippen LogP contribution in [0.25, 0.3) is 10.9 Å². The van der Waals surface area contributed by atoms with Crippen LogP contribution in [0, 0.1) is 5.82 Å². The van der Waals surface area contributed by atoms with Crippen LogP contribution >= 0.6 is 0 Å². The second-order valence-electron chi connectivity index (χ2n) is 3.17. The highest BCUT2D eigenvalue weighted by Crippen LogP contribution is 2.27. The Morgan fingerprint density at radius 1 is 1.50 bits per heavy atom. The fraction of sp³-hybridized carbons (Fsp3) is 0.0909. The van der Waals surface area contributed by atoms with Crippen molar-refractivity contribution in [3.05, 3.63) is 35.8 Å². The Labute approximate surface area is 90.3 Å². The summed E-state index contributed by atoms with van der Waals surface area (Å²) >= 11 is 0. The summed E-state index contributed by atoms with van der Waals surface area (Å²) in [7, 11) is 1.38. The number of methoxy groups -OCH3 is 1. The van der Waals surface area contributed by atoms with E-state index in [1.54, 1.807) is 0 Å². The summed E-state index contributed by atoms with van der Waals surface area (Å²) in [4.78, 5) is 14.9. The summed E-state index contributed by atoms with van der Waals surface area (Å²) in [5.74, 6) is -1.46. The van der Waals surface area contributed by atoms with Crippen LogP contribution in [0.3, 0.4) is 0 Å². The number of carboxylic acids is 1. The number of hydrogen-bond acceptors (Lipinski definition) is 3. The predicted octanol–water partition coefficient (Wildman–Crippen LogP) is 2.08. The molecule has 0 spiro atoms. The van der Waals surface area contributed by atoms with Gasteiger partial charge in [-0.3, -0.25) is 4.98 Å². The standard InChI is InChI=1S/C11H8FNO3/c1-16-9-5-6(12)4-8-7(11(14)15)2-3-13-10(8)9/h2-5H,1H3,(H,14,15). The first-order chi connectivity index (χ1) is 7.63. The van der Waals surface area contributed by atoms with Crippen molar-refractivity contribution >= 4 is 16.9 Å². The summed E-state index contributed by atoms with van der Waals surface area (Å²) in [6.07, 6.45) is 1.35. The Morgan fingerprint density at radius 3 is 2.88 bits per heavy atom. The molecule has 0 aliphatic heterocycles. The van der Waals surface area contributed by atoms with Gasteiger partial charge >= 0.3 is 5.97 Å². The zero-order chi connectivity index (χ0) is 11.7. The molecule has 0 radical (unpaired) electrons. The first kappa shape index (κ1) is 10.4. The van der Waals surface area contributed by atoms with Crippen LogP contribution < -0.4 is 4.74 Å². The second-order valence-corrected chi connectivity index (χ2v) is 3.17. The predicted molar refractivity (Wildman–Crippen MR) is 55.2 cm³/mol. The molecule has 5 heteroatoms. The van der Waals surface area contributed by atoms with Crippen molar-refractivity contribution in [3.8, 4) is 5.75 Å². The molecule has 0 amide bonds. The molecule has 0 aliphatic carbocycles. The Bertz CT molecular complexity index is 568. The molecule has 0 unspecified atom stereocenters. The molecule has 0 saturated carbocycles. The fourth-order valence-electron chi connectivity index (χ4n) is 1.53. The van der Waals surface area contributed by atoms with Gasteiger partial charge in [-0.05, 0) is 12.1 Å². The number of aromatic carboxylic acids is 1. The van der Waals surface area contributed by atoms with E-state index in [1.807, 2.05) is 0 Å². The van der Waals surface area contributed by atoms with Crippen LogP contribution in [0.4, 0.5) is 4.39 Å². The minimum absolute atomic E-state index is 0.00259. The molecular weight excluding hydrogens is 213 g/mol. The van der Waals surface area contributed by atoms with Crippen molar-refractivity contribution < 1.29 is 19.0 Å². The summed E-state index contributed by atoms with van der Waals surface area (Å²) in [5, 5.41) is 9.17. The van der Waals surface area contributed by atoms with E-state index in [1.165, 1.54) is 25.4 Å². The van der Waals surface area contributed by atoms with E-state index in [-0.39, 0.29) is 16.7 Å². The van der Waals surface area contributed by atoms with E-state index < -0.39 is 11.8 Å². The number of halogens is 1. The topological polar surface area (TPSA) is 59.4 Å². The molecule has 82 valence electrons. The molecule has 4 nitrogen and oxygen atoms in total. The Balaban J connectivity index is 2.87. The van der Waals surface area contributed by atoms with Gasteiger partial charge in [0.2, 0.25) is 0 Å². The average Bonchev–Trinajstić information content (AvgIpc) is 2.26. The molecule has 1 aromatic heterocycles. The number of benzene rings is 1. The van der Waals surface area contributed by atoms with Crippen LogP contribution in [-0.4, -0.2) is 23.2 Å². The van der Waals surface area contributed by atoms with Crippen molar-refractivity contribution in [3.63, 3.8) is 0 Å². The molecule has 1 aromatic carbocycles. The van der Waals surface area contributed by atoms with Crippen molar-refractivity contribution in [1.29, 1.82) is 0 Å². The van der Waals surface area contributed by atoms with Crippen LogP contribution in [-0.2, 0) is 0 Å². The van der Waals surface area contributed by atoms with Gasteiger partial charge in [0.15, 0.2) is 0 Å². The summed E-state index contributed by atoms with van der Waals surface area (Å²) in [6, 6.07) is 3.62. The number of fused-ring (bicyclic) bond motifs is 1. The van der Waals surface area contributed by atoms with Crippen molar-refractivity contribution in [1.82, 2.24) is 4.98 Å². The summed E-state index contributed by atoms with van der Waals surface area (Å²) < 4.78 is 18.2. The van der Waals surface area contributed by atoms with Crippen LogP contribution in [0.1, 0.15) is 10.4 Å². The first-order valence-corrected chi connectivity index (χ1v) is 4.49. The van der Waals surface area contributed by atoms with Gasteiger partial charge < -0.3 is 9.84 Å². The fourth-order valence-corrected chi connectivity index (χ4v) is 1.53. The van der Waals surface area contributed by atoms with Gasteiger partial charge in [-0.1, -0.05) is 0 Å². The first-order valence-electron chi connectivity index (χ1n) is 4.49. The largest absolute Gasteiger partial charge is 0.494 e. The molecule has 0 bridgehead atoms. The lowest BCUT2D eigenvalue weighted by molar-refractivity contribution is 0.0699. The lowest BCUT2D eigenvalue weighted by Gasteiger charge is -2.06. The molecule has 2 aromatic rings. The lowest BCUT2D eigenvalue weighted by atomic mass is 10.1. The Hall–Kier alpha value is -2.17. The maximum atomic E-state index is 13.2.